The van der Waals surface area contributed by atoms with Gasteiger partial charge in [-0.15, -0.1) is 13.2 Å². The fourth-order valence-electron chi connectivity index (χ4n) is 1.71. The van der Waals surface area contributed by atoms with E-state index in [4.69, 9.17) is 0 Å². The van der Waals surface area contributed by atoms with Gasteiger partial charge >= 0.3 is 6.36 Å². The molecule has 0 radical (unpaired) electrons. The SMILES string of the molecule is Cc1cc(NCc2cccc(OC(F)(F)F)c2)cnc1Br. The van der Waals surface area contributed by atoms with Gasteiger partial charge in [0.2, 0.25) is 0 Å². The van der Waals surface area contributed by atoms with Gasteiger partial charge in [-0.3, -0.25) is 0 Å². The maximum absolute atomic E-state index is 12.2. The quantitative estimate of drug-likeness (QED) is 0.805. The summed E-state index contributed by atoms with van der Waals surface area (Å²) in [6.07, 6.45) is -3.04. The number of alkyl halides is 3. The van der Waals surface area contributed by atoms with E-state index >= 15 is 0 Å². The van der Waals surface area contributed by atoms with Gasteiger partial charge in [-0.2, -0.15) is 0 Å². The first kappa shape index (κ1) is 15.6. The summed E-state index contributed by atoms with van der Waals surface area (Å²) in [5.74, 6) is -0.230. The fourth-order valence-corrected chi connectivity index (χ4v) is 1.93. The smallest absolute Gasteiger partial charge is 0.406 e. The Bertz CT molecular complexity index is 632. The van der Waals surface area contributed by atoms with Crippen molar-refractivity contribution in [2.45, 2.75) is 19.8 Å². The molecule has 21 heavy (non-hydrogen) atoms. The molecule has 0 saturated carbocycles. The molecule has 7 heteroatoms. The number of ether oxygens (including phenoxy) is 1. The molecule has 0 amide bonds. The van der Waals surface area contributed by atoms with E-state index in [1.54, 1.807) is 12.3 Å². The van der Waals surface area contributed by atoms with Gasteiger partial charge in [0.25, 0.3) is 0 Å². The Labute approximate surface area is 128 Å². The zero-order chi connectivity index (χ0) is 15.5. The lowest BCUT2D eigenvalue weighted by Crippen LogP contribution is -2.17. The van der Waals surface area contributed by atoms with Gasteiger partial charge < -0.3 is 10.1 Å². The summed E-state index contributed by atoms with van der Waals surface area (Å²) in [4.78, 5) is 4.14. The summed E-state index contributed by atoms with van der Waals surface area (Å²) < 4.78 is 41.1. The second-order valence-electron chi connectivity index (χ2n) is 4.38. The van der Waals surface area contributed by atoms with Gasteiger partial charge in [0.1, 0.15) is 10.4 Å². The molecule has 2 rings (SSSR count). The van der Waals surface area contributed by atoms with Crippen molar-refractivity contribution < 1.29 is 17.9 Å². The number of nitrogens with zero attached hydrogens (tertiary/aromatic N) is 1. The van der Waals surface area contributed by atoms with Gasteiger partial charge in [0.05, 0.1) is 11.9 Å². The molecule has 0 aliphatic heterocycles. The first-order valence-electron chi connectivity index (χ1n) is 6.04. The van der Waals surface area contributed by atoms with Crippen molar-refractivity contribution in [1.82, 2.24) is 4.98 Å². The van der Waals surface area contributed by atoms with Gasteiger partial charge in [0.15, 0.2) is 0 Å². The molecule has 0 aliphatic rings. The molecule has 3 nitrogen and oxygen atoms in total. The van der Waals surface area contributed by atoms with Crippen LogP contribution >= 0.6 is 15.9 Å². The van der Waals surface area contributed by atoms with E-state index in [0.717, 1.165) is 15.9 Å². The van der Waals surface area contributed by atoms with Crippen molar-refractivity contribution in [1.29, 1.82) is 0 Å². The number of nitrogens with one attached hydrogen (secondary N) is 1. The molecule has 1 aromatic carbocycles. The Hall–Kier alpha value is -1.76. The molecule has 0 saturated heterocycles. The number of anilines is 1. The predicted molar refractivity (Wildman–Crippen MR) is 77.1 cm³/mol. The number of hydrogen-bond acceptors (Lipinski definition) is 3. The molecule has 1 heterocycles. The Kier molecular flexibility index (Phi) is 4.72. The van der Waals surface area contributed by atoms with Crippen molar-refractivity contribution in [3.63, 3.8) is 0 Å². The second kappa shape index (κ2) is 6.34. The summed E-state index contributed by atoms with van der Waals surface area (Å²) >= 11 is 3.30. The third kappa shape index (κ3) is 4.93. The molecule has 0 bridgehead atoms. The van der Waals surface area contributed by atoms with Crippen LogP contribution in [0.5, 0.6) is 5.75 Å². The fraction of sp³-hybridized carbons (Fsp3) is 0.214. The Morgan fingerprint density at radius 1 is 1.29 bits per heavy atom. The maximum atomic E-state index is 12.2. The highest BCUT2D eigenvalue weighted by molar-refractivity contribution is 9.10. The first-order valence-corrected chi connectivity index (χ1v) is 6.83. The number of aryl methyl sites for hydroxylation is 1. The second-order valence-corrected chi connectivity index (χ2v) is 5.13. The van der Waals surface area contributed by atoms with E-state index in [0.29, 0.717) is 12.1 Å². The first-order chi connectivity index (χ1) is 9.83. The van der Waals surface area contributed by atoms with Crippen LogP contribution in [0, 0.1) is 6.92 Å². The molecule has 0 unspecified atom stereocenters. The molecule has 0 atom stereocenters. The van der Waals surface area contributed by atoms with E-state index in [2.05, 4.69) is 31.0 Å². The highest BCUT2D eigenvalue weighted by Gasteiger charge is 2.31. The van der Waals surface area contributed by atoms with E-state index in [9.17, 15) is 13.2 Å². The maximum Gasteiger partial charge on any atom is 0.573 e. The van der Waals surface area contributed by atoms with E-state index < -0.39 is 6.36 Å². The lowest BCUT2D eigenvalue weighted by atomic mass is 10.2. The van der Waals surface area contributed by atoms with Crippen LogP contribution in [0.4, 0.5) is 18.9 Å². The molecule has 2 aromatic rings. The average molecular weight is 361 g/mol. The van der Waals surface area contributed by atoms with Crippen molar-refractivity contribution in [2.75, 3.05) is 5.32 Å². The number of halogens is 4. The third-order valence-electron chi connectivity index (χ3n) is 2.64. The minimum atomic E-state index is -4.68. The number of hydrogen-bond donors (Lipinski definition) is 1. The molecule has 1 aromatic heterocycles. The molecule has 1 N–H and O–H groups in total. The van der Waals surface area contributed by atoms with Crippen LogP contribution in [-0.2, 0) is 6.54 Å². The predicted octanol–water partition coefficient (Wildman–Crippen LogP) is 4.66. The summed E-state index contributed by atoms with van der Waals surface area (Å²) in [6.45, 7) is 2.28. The zero-order valence-corrected chi connectivity index (χ0v) is 12.6. The molecule has 0 fully saturated rings. The number of aromatic nitrogens is 1. The van der Waals surface area contributed by atoms with E-state index in [1.165, 1.54) is 18.2 Å². The normalized spacial score (nSPS) is 11.3. The largest absolute Gasteiger partial charge is 0.573 e. The van der Waals surface area contributed by atoms with Crippen LogP contribution in [-0.4, -0.2) is 11.3 Å². The standard InChI is InChI=1S/C14H12BrF3N2O/c1-9-5-11(8-20-13(9)15)19-7-10-3-2-4-12(6-10)21-14(16,17)18/h2-6,8,19H,7H2,1H3. The van der Waals surface area contributed by atoms with Crippen molar-refractivity contribution in [2.24, 2.45) is 0 Å². The lowest BCUT2D eigenvalue weighted by molar-refractivity contribution is -0.274. The number of benzene rings is 1. The summed E-state index contributed by atoms with van der Waals surface area (Å²) in [5.41, 5.74) is 2.43. The molecular formula is C14H12BrF3N2O. The van der Waals surface area contributed by atoms with Crippen LogP contribution in [0.3, 0.4) is 0 Å². The molecule has 0 spiro atoms. The van der Waals surface area contributed by atoms with Gasteiger partial charge in [-0.25, -0.2) is 4.98 Å². The molecule has 112 valence electrons. The molecular weight excluding hydrogens is 349 g/mol. The zero-order valence-electron chi connectivity index (χ0n) is 11.0. The topological polar surface area (TPSA) is 34.1 Å². The van der Waals surface area contributed by atoms with Crippen LogP contribution in [0.15, 0.2) is 41.1 Å². The van der Waals surface area contributed by atoms with Crippen LogP contribution in [0.25, 0.3) is 0 Å². The number of rotatable bonds is 4. The van der Waals surface area contributed by atoms with Crippen molar-refractivity contribution >= 4 is 21.6 Å². The molecule has 0 aliphatic carbocycles. The monoisotopic (exact) mass is 360 g/mol. The van der Waals surface area contributed by atoms with E-state index in [1.807, 2.05) is 13.0 Å². The van der Waals surface area contributed by atoms with Crippen LogP contribution in [0.2, 0.25) is 0 Å². The summed E-state index contributed by atoms with van der Waals surface area (Å²) in [6, 6.07) is 7.74. The minimum Gasteiger partial charge on any atom is -0.406 e. The van der Waals surface area contributed by atoms with Crippen LogP contribution < -0.4 is 10.1 Å². The highest BCUT2D eigenvalue weighted by Crippen LogP contribution is 2.24. The van der Waals surface area contributed by atoms with Gasteiger partial charge in [0, 0.05) is 6.54 Å². The van der Waals surface area contributed by atoms with Crippen molar-refractivity contribution in [3.8, 4) is 5.75 Å². The lowest BCUT2D eigenvalue weighted by Gasteiger charge is -2.11. The minimum absolute atomic E-state index is 0.230. The Morgan fingerprint density at radius 2 is 2.05 bits per heavy atom. The third-order valence-corrected chi connectivity index (χ3v) is 3.47. The van der Waals surface area contributed by atoms with Crippen molar-refractivity contribution in [3.05, 3.63) is 52.3 Å². The highest BCUT2D eigenvalue weighted by atomic mass is 79.9. The number of pyridine rings is 1. The summed E-state index contributed by atoms with van der Waals surface area (Å²) in [5, 5.41) is 3.10. The van der Waals surface area contributed by atoms with Gasteiger partial charge in [-0.1, -0.05) is 12.1 Å². The van der Waals surface area contributed by atoms with Crippen LogP contribution in [0.1, 0.15) is 11.1 Å². The Morgan fingerprint density at radius 3 is 2.71 bits per heavy atom. The summed E-state index contributed by atoms with van der Waals surface area (Å²) in [7, 11) is 0. The Balaban J connectivity index is 2.03. The van der Waals surface area contributed by atoms with Gasteiger partial charge in [-0.05, 0) is 52.2 Å². The average Bonchev–Trinajstić information content (AvgIpc) is 2.39. The van der Waals surface area contributed by atoms with E-state index in [-0.39, 0.29) is 5.75 Å².